The maximum absolute atomic E-state index is 10.4. The molecule has 17 heavy (non-hydrogen) atoms. The molecule has 0 amide bonds. The van der Waals surface area contributed by atoms with E-state index in [2.05, 4.69) is 4.98 Å². The molecule has 0 aliphatic carbocycles. The zero-order valence-electron chi connectivity index (χ0n) is 9.41. The number of benzene rings is 1. The van der Waals surface area contributed by atoms with Crippen LogP contribution in [0.25, 0.3) is 0 Å². The minimum absolute atomic E-state index is 0.385. The summed E-state index contributed by atoms with van der Waals surface area (Å²) >= 11 is 0. The number of carboxylic acids is 1. The largest absolute Gasteiger partial charge is 0.480 e. The maximum Gasteiger partial charge on any atom is 0.320 e. The first kappa shape index (κ1) is 13.0. The highest BCUT2D eigenvalue weighted by Gasteiger charge is 2.10. The van der Waals surface area contributed by atoms with Gasteiger partial charge in [-0.25, -0.2) is 0 Å². The van der Waals surface area contributed by atoms with Crippen LogP contribution in [-0.2, 0) is 11.2 Å². The Morgan fingerprint density at radius 2 is 1.76 bits per heavy atom. The van der Waals surface area contributed by atoms with Crippen LogP contribution >= 0.6 is 0 Å². The Hall–Kier alpha value is -2.07. The number of nitrogens with two attached hydrogens (primary N) is 1. The Morgan fingerprint density at radius 1 is 1.18 bits per heavy atom. The molecule has 1 atom stereocenters. The van der Waals surface area contributed by atoms with Crippen molar-refractivity contribution in [3.8, 4) is 0 Å². The Morgan fingerprint density at radius 3 is 2.18 bits per heavy atom. The quantitative estimate of drug-likeness (QED) is 0.753. The first-order valence-corrected chi connectivity index (χ1v) is 5.30. The Labute approximate surface area is 100 Å². The topological polar surface area (TPSA) is 79.1 Å². The second-order valence-corrected chi connectivity index (χ2v) is 3.52. The van der Waals surface area contributed by atoms with Gasteiger partial charge >= 0.3 is 5.97 Å². The van der Waals surface area contributed by atoms with Crippen LogP contribution in [0, 0.1) is 0 Å². The molecule has 0 saturated heterocycles. The Balaban J connectivity index is 0.000000239. The summed E-state index contributed by atoms with van der Waals surface area (Å²) in [5.74, 6) is -0.959. The molecule has 0 unspecified atom stereocenters. The van der Waals surface area contributed by atoms with Crippen LogP contribution in [0.5, 0.6) is 0 Å². The van der Waals surface area contributed by atoms with Crippen LogP contribution in [0.4, 0.5) is 0 Å². The van der Waals surface area contributed by atoms with E-state index in [-0.39, 0.29) is 0 Å². The zero-order valence-corrected chi connectivity index (χ0v) is 9.41. The minimum Gasteiger partial charge on any atom is -0.480 e. The van der Waals surface area contributed by atoms with E-state index in [0.717, 1.165) is 5.56 Å². The van der Waals surface area contributed by atoms with E-state index < -0.39 is 12.0 Å². The van der Waals surface area contributed by atoms with Crippen molar-refractivity contribution in [3.05, 3.63) is 60.4 Å². The van der Waals surface area contributed by atoms with Gasteiger partial charge in [-0.1, -0.05) is 30.3 Å². The van der Waals surface area contributed by atoms with Gasteiger partial charge in [-0.05, 0) is 24.1 Å². The molecule has 4 heteroatoms. The highest BCUT2D eigenvalue weighted by atomic mass is 16.4. The molecule has 90 valence electrons. The number of hydrogen-bond acceptors (Lipinski definition) is 2. The van der Waals surface area contributed by atoms with Gasteiger partial charge in [-0.15, -0.1) is 0 Å². The second-order valence-electron chi connectivity index (χ2n) is 3.52. The van der Waals surface area contributed by atoms with Crippen molar-refractivity contribution < 1.29 is 9.90 Å². The summed E-state index contributed by atoms with van der Waals surface area (Å²) in [6.07, 6.45) is 4.14. The summed E-state index contributed by atoms with van der Waals surface area (Å²) in [7, 11) is 0. The van der Waals surface area contributed by atoms with Gasteiger partial charge in [0.1, 0.15) is 6.04 Å². The molecule has 0 radical (unpaired) electrons. The maximum atomic E-state index is 10.4. The summed E-state index contributed by atoms with van der Waals surface area (Å²) in [5, 5.41) is 8.52. The molecule has 1 heterocycles. The number of carboxylic acid groups (broad SMARTS) is 1. The van der Waals surface area contributed by atoms with E-state index in [9.17, 15) is 4.79 Å². The van der Waals surface area contributed by atoms with E-state index in [4.69, 9.17) is 10.8 Å². The van der Waals surface area contributed by atoms with Gasteiger partial charge in [-0.3, -0.25) is 4.79 Å². The van der Waals surface area contributed by atoms with Crippen LogP contribution in [0.3, 0.4) is 0 Å². The number of aliphatic carboxylic acids is 1. The fraction of sp³-hybridized carbons (Fsp3) is 0.154. The number of hydrogen-bond donors (Lipinski definition) is 3. The molecular weight excluding hydrogens is 216 g/mol. The number of aromatic nitrogens is 1. The van der Waals surface area contributed by atoms with E-state index in [0.29, 0.717) is 6.42 Å². The van der Waals surface area contributed by atoms with Crippen LogP contribution in [-0.4, -0.2) is 22.1 Å². The third-order valence-corrected chi connectivity index (χ3v) is 2.11. The molecule has 2 rings (SSSR count). The number of carbonyl (C=O) groups is 1. The van der Waals surface area contributed by atoms with Crippen molar-refractivity contribution >= 4 is 5.97 Å². The fourth-order valence-electron chi connectivity index (χ4n) is 1.23. The van der Waals surface area contributed by atoms with Crippen molar-refractivity contribution in [2.45, 2.75) is 12.5 Å². The number of nitrogens with one attached hydrogen (secondary N) is 1. The summed E-state index contributed by atoms with van der Waals surface area (Å²) < 4.78 is 0. The van der Waals surface area contributed by atoms with Crippen LogP contribution in [0.15, 0.2) is 54.9 Å². The third-order valence-electron chi connectivity index (χ3n) is 2.11. The lowest BCUT2D eigenvalue weighted by atomic mass is 10.1. The van der Waals surface area contributed by atoms with Crippen molar-refractivity contribution in [2.24, 2.45) is 5.73 Å². The summed E-state index contributed by atoms with van der Waals surface area (Å²) in [4.78, 5) is 13.2. The molecule has 1 aromatic carbocycles. The normalized spacial score (nSPS) is 11.1. The second kappa shape index (κ2) is 7.24. The zero-order chi connectivity index (χ0) is 12.5. The molecule has 0 spiro atoms. The summed E-state index contributed by atoms with van der Waals surface area (Å²) in [5.41, 5.74) is 6.30. The SMILES string of the molecule is N[C@@H](Cc1ccccc1)C(=O)O.c1cc[nH]c1. The number of aromatic amines is 1. The molecule has 4 nitrogen and oxygen atoms in total. The fourth-order valence-corrected chi connectivity index (χ4v) is 1.23. The third kappa shape index (κ3) is 5.53. The smallest absolute Gasteiger partial charge is 0.320 e. The molecule has 0 aliphatic rings. The van der Waals surface area contributed by atoms with Crippen molar-refractivity contribution in [1.29, 1.82) is 0 Å². The van der Waals surface area contributed by atoms with Crippen molar-refractivity contribution in [1.82, 2.24) is 4.98 Å². The van der Waals surface area contributed by atoms with Gasteiger partial charge in [0.15, 0.2) is 0 Å². The lowest BCUT2D eigenvalue weighted by molar-refractivity contribution is -0.138. The van der Waals surface area contributed by atoms with E-state index in [1.165, 1.54) is 0 Å². The van der Waals surface area contributed by atoms with E-state index in [1.807, 2.05) is 54.9 Å². The predicted octanol–water partition coefficient (Wildman–Crippen LogP) is 1.66. The predicted molar refractivity (Wildman–Crippen MR) is 66.5 cm³/mol. The first-order valence-electron chi connectivity index (χ1n) is 5.30. The molecule has 2 aromatic rings. The van der Waals surface area contributed by atoms with Crippen LogP contribution in [0.1, 0.15) is 5.56 Å². The van der Waals surface area contributed by atoms with Gasteiger partial charge in [0.05, 0.1) is 0 Å². The highest BCUT2D eigenvalue weighted by molar-refractivity contribution is 5.73. The van der Waals surface area contributed by atoms with Crippen molar-refractivity contribution in [2.75, 3.05) is 0 Å². The number of rotatable bonds is 3. The van der Waals surface area contributed by atoms with Gasteiger partial charge < -0.3 is 15.8 Å². The monoisotopic (exact) mass is 232 g/mol. The molecule has 0 aliphatic heterocycles. The lowest BCUT2D eigenvalue weighted by Crippen LogP contribution is -2.32. The highest BCUT2D eigenvalue weighted by Crippen LogP contribution is 2.01. The van der Waals surface area contributed by atoms with Crippen LogP contribution < -0.4 is 5.73 Å². The van der Waals surface area contributed by atoms with Crippen molar-refractivity contribution in [3.63, 3.8) is 0 Å². The first-order chi connectivity index (χ1) is 8.20. The average molecular weight is 232 g/mol. The summed E-state index contributed by atoms with van der Waals surface area (Å²) in [6.45, 7) is 0. The minimum atomic E-state index is -0.959. The molecule has 4 N–H and O–H groups in total. The summed E-state index contributed by atoms with van der Waals surface area (Å²) in [6, 6.07) is 12.4. The van der Waals surface area contributed by atoms with Gasteiger partial charge in [0, 0.05) is 12.4 Å². The molecule has 0 bridgehead atoms. The average Bonchev–Trinajstić information content (AvgIpc) is 2.89. The van der Waals surface area contributed by atoms with Gasteiger partial charge in [0.25, 0.3) is 0 Å². The standard InChI is InChI=1S/C9H11NO2.C4H5N/c10-8(9(11)12)6-7-4-2-1-3-5-7;1-2-4-5-3-1/h1-5,8H,6,10H2,(H,11,12);1-5H/t8-;/m0./s1. The number of H-pyrrole nitrogens is 1. The van der Waals surface area contributed by atoms with Crippen LogP contribution in [0.2, 0.25) is 0 Å². The van der Waals surface area contributed by atoms with E-state index >= 15 is 0 Å². The van der Waals surface area contributed by atoms with E-state index in [1.54, 1.807) is 0 Å². The Kier molecular flexibility index (Phi) is 5.54. The lowest BCUT2D eigenvalue weighted by Gasteiger charge is -2.04. The molecule has 1 aromatic heterocycles. The molecule has 0 saturated carbocycles. The van der Waals surface area contributed by atoms with Gasteiger partial charge in [0.2, 0.25) is 0 Å². The van der Waals surface area contributed by atoms with Gasteiger partial charge in [-0.2, -0.15) is 0 Å². The molecular formula is C13H16N2O2. The Bertz CT molecular complexity index is 395. The molecule has 0 fully saturated rings.